The standard InChI is InChI=1S/C46H34S/c1-47(2)44-29-28-42(36-22-9-10-23-37(36)44)46-40-26-13-11-24-38(40)45(39-25-12-14-27-41(39)46)35-21-15-16-32(30-35)31-43(33-17-5-3-6-18-33)34-19-7-4-8-20-34/h3-31H,1H2,2H3. The fourth-order valence-corrected chi connectivity index (χ4v) is 7.90. The highest BCUT2D eigenvalue weighted by Gasteiger charge is 2.19. The van der Waals surface area contributed by atoms with Gasteiger partial charge in [-0.1, -0.05) is 164 Å². The Morgan fingerprint density at radius 1 is 0.468 bits per heavy atom. The summed E-state index contributed by atoms with van der Waals surface area (Å²) in [5.74, 6) is 4.39. The summed E-state index contributed by atoms with van der Waals surface area (Å²) in [4.78, 5) is 1.31. The smallest absolute Gasteiger partial charge is 0.00878 e. The summed E-state index contributed by atoms with van der Waals surface area (Å²) in [6.07, 6.45) is 4.53. The molecule has 0 heterocycles. The van der Waals surface area contributed by atoms with Crippen LogP contribution >= 0.6 is 10.5 Å². The third-order valence-electron chi connectivity index (χ3n) is 9.12. The third-order valence-corrected chi connectivity index (χ3v) is 10.2. The first-order chi connectivity index (χ1) is 23.2. The summed E-state index contributed by atoms with van der Waals surface area (Å²) in [6.45, 7) is 0. The SMILES string of the molecule is C=S(C)c1ccc(-c2c3ccccc3c(-c3cccc(C=C(c4ccccc4)c4ccccc4)c3)c3ccccc23)c2ccccc12. The van der Waals surface area contributed by atoms with Crippen LogP contribution in [-0.2, 0) is 0 Å². The van der Waals surface area contributed by atoms with Crippen LogP contribution in [0.15, 0.2) is 175 Å². The molecule has 0 spiro atoms. The number of rotatable bonds is 6. The first-order valence-electron chi connectivity index (χ1n) is 16.0. The number of hydrogen-bond acceptors (Lipinski definition) is 0. The molecule has 1 unspecified atom stereocenters. The van der Waals surface area contributed by atoms with Gasteiger partial charge in [0.2, 0.25) is 0 Å². The van der Waals surface area contributed by atoms with E-state index in [4.69, 9.17) is 0 Å². The molecule has 0 nitrogen and oxygen atoms in total. The molecular weight excluding hydrogens is 585 g/mol. The fraction of sp³-hybridized carbons (Fsp3) is 0.0217. The summed E-state index contributed by atoms with van der Waals surface area (Å²) >= 11 is 0. The Labute approximate surface area is 279 Å². The van der Waals surface area contributed by atoms with Crippen LogP contribution in [0.3, 0.4) is 0 Å². The Bertz CT molecular complexity index is 2370. The quantitative estimate of drug-likeness (QED) is 0.0988. The maximum absolute atomic E-state index is 4.39. The summed E-state index contributed by atoms with van der Waals surface area (Å²) in [5.41, 5.74) is 9.83. The Kier molecular flexibility index (Phi) is 7.61. The van der Waals surface area contributed by atoms with Crippen molar-refractivity contribution in [2.24, 2.45) is 0 Å². The van der Waals surface area contributed by atoms with Crippen LogP contribution in [0.2, 0.25) is 0 Å². The molecule has 0 aliphatic carbocycles. The van der Waals surface area contributed by atoms with Gasteiger partial charge in [0.05, 0.1) is 0 Å². The van der Waals surface area contributed by atoms with Gasteiger partial charge in [0.15, 0.2) is 0 Å². The summed E-state index contributed by atoms with van der Waals surface area (Å²) in [7, 11) is -0.0872. The van der Waals surface area contributed by atoms with E-state index in [-0.39, 0.29) is 10.5 Å². The zero-order chi connectivity index (χ0) is 31.7. The maximum atomic E-state index is 4.39. The molecule has 8 aromatic carbocycles. The minimum atomic E-state index is -0.0872. The van der Waals surface area contributed by atoms with Crippen LogP contribution < -0.4 is 0 Å². The minimum absolute atomic E-state index is 0.0872. The second kappa shape index (κ2) is 12.4. The molecular formula is C46H34S. The largest absolute Gasteiger partial charge is 0.165 e. The highest BCUT2D eigenvalue weighted by Crippen LogP contribution is 2.46. The van der Waals surface area contributed by atoms with Crippen molar-refractivity contribution in [3.05, 3.63) is 187 Å². The predicted molar refractivity (Wildman–Crippen MR) is 209 cm³/mol. The molecule has 0 aromatic heterocycles. The average molecular weight is 619 g/mol. The lowest BCUT2D eigenvalue weighted by Gasteiger charge is -2.20. The molecule has 0 N–H and O–H groups in total. The van der Waals surface area contributed by atoms with Crippen molar-refractivity contribution in [1.29, 1.82) is 0 Å². The van der Waals surface area contributed by atoms with Crippen LogP contribution in [0.1, 0.15) is 16.7 Å². The van der Waals surface area contributed by atoms with Crippen LogP contribution in [0.25, 0.3) is 66.2 Å². The molecule has 0 amide bonds. The van der Waals surface area contributed by atoms with E-state index in [1.54, 1.807) is 0 Å². The highest BCUT2D eigenvalue weighted by atomic mass is 32.2. The van der Waals surface area contributed by atoms with Crippen LogP contribution in [0.5, 0.6) is 0 Å². The predicted octanol–water partition coefficient (Wildman–Crippen LogP) is 12.8. The van der Waals surface area contributed by atoms with Crippen molar-refractivity contribution in [1.82, 2.24) is 0 Å². The molecule has 224 valence electrons. The first kappa shape index (κ1) is 28.9. The van der Waals surface area contributed by atoms with E-state index in [0.717, 1.165) is 0 Å². The first-order valence-corrected chi connectivity index (χ1v) is 17.8. The van der Waals surface area contributed by atoms with E-state index < -0.39 is 0 Å². The molecule has 1 heteroatoms. The summed E-state index contributed by atoms with van der Waals surface area (Å²) in [6, 6.07) is 61.7. The van der Waals surface area contributed by atoms with Gasteiger partial charge in [0, 0.05) is 4.90 Å². The molecule has 0 aliphatic heterocycles. The van der Waals surface area contributed by atoms with Crippen molar-refractivity contribution in [2.45, 2.75) is 4.90 Å². The van der Waals surface area contributed by atoms with Gasteiger partial charge < -0.3 is 0 Å². The molecule has 0 saturated heterocycles. The minimum Gasteiger partial charge on any atom is -0.165 e. The molecule has 0 radical (unpaired) electrons. The van der Waals surface area contributed by atoms with Gasteiger partial charge in [-0.05, 0) is 101 Å². The summed E-state index contributed by atoms with van der Waals surface area (Å²) in [5, 5.41) is 7.61. The van der Waals surface area contributed by atoms with E-state index >= 15 is 0 Å². The Morgan fingerprint density at radius 2 is 0.957 bits per heavy atom. The zero-order valence-electron chi connectivity index (χ0n) is 26.4. The second-order valence-electron chi connectivity index (χ2n) is 12.1. The van der Waals surface area contributed by atoms with Crippen molar-refractivity contribution in [3.8, 4) is 22.3 Å². The molecule has 0 bridgehead atoms. The molecule has 0 fully saturated rings. The van der Waals surface area contributed by atoms with E-state index in [1.165, 1.54) is 81.7 Å². The maximum Gasteiger partial charge on any atom is 0.00878 e. The normalized spacial score (nSPS) is 11.9. The second-order valence-corrected chi connectivity index (χ2v) is 13.8. The molecule has 8 aromatic rings. The van der Waals surface area contributed by atoms with Crippen molar-refractivity contribution in [3.63, 3.8) is 0 Å². The lowest BCUT2D eigenvalue weighted by atomic mass is 9.84. The number of fused-ring (bicyclic) bond motifs is 3. The van der Waals surface area contributed by atoms with Crippen molar-refractivity contribution < 1.29 is 0 Å². The molecule has 8 rings (SSSR count). The van der Waals surface area contributed by atoms with Gasteiger partial charge in [-0.3, -0.25) is 0 Å². The Balaban J connectivity index is 1.38. The van der Waals surface area contributed by atoms with E-state index in [0.29, 0.717) is 0 Å². The van der Waals surface area contributed by atoms with Gasteiger partial charge in [-0.2, -0.15) is 10.5 Å². The highest BCUT2D eigenvalue weighted by molar-refractivity contribution is 8.13. The zero-order valence-corrected chi connectivity index (χ0v) is 27.2. The topological polar surface area (TPSA) is 0 Å². The third kappa shape index (κ3) is 5.29. The Morgan fingerprint density at radius 3 is 1.51 bits per heavy atom. The molecule has 0 saturated carbocycles. The molecule has 0 aliphatic rings. The molecule has 1 atom stereocenters. The van der Waals surface area contributed by atoms with Crippen LogP contribution in [-0.4, -0.2) is 12.1 Å². The van der Waals surface area contributed by atoms with Gasteiger partial charge >= 0.3 is 0 Å². The number of benzene rings is 8. The average Bonchev–Trinajstić information content (AvgIpc) is 3.13. The fourth-order valence-electron chi connectivity index (χ4n) is 7.04. The van der Waals surface area contributed by atoms with Gasteiger partial charge in [0.25, 0.3) is 0 Å². The Hall–Kier alpha value is -5.50. The van der Waals surface area contributed by atoms with Gasteiger partial charge in [-0.15, -0.1) is 0 Å². The lowest BCUT2D eigenvalue weighted by molar-refractivity contribution is 1.54. The van der Waals surface area contributed by atoms with E-state index in [2.05, 4.69) is 188 Å². The van der Waals surface area contributed by atoms with E-state index in [1.807, 2.05) is 0 Å². The lowest BCUT2D eigenvalue weighted by Crippen LogP contribution is -1.93. The van der Waals surface area contributed by atoms with Crippen molar-refractivity contribution >= 4 is 60.3 Å². The van der Waals surface area contributed by atoms with Crippen LogP contribution in [0, 0.1) is 0 Å². The number of hydrogen-bond donors (Lipinski definition) is 0. The van der Waals surface area contributed by atoms with Crippen molar-refractivity contribution in [2.75, 3.05) is 6.26 Å². The van der Waals surface area contributed by atoms with E-state index in [9.17, 15) is 0 Å². The van der Waals surface area contributed by atoms with Gasteiger partial charge in [0.1, 0.15) is 0 Å². The summed E-state index contributed by atoms with van der Waals surface area (Å²) < 4.78 is 0. The van der Waals surface area contributed by atoms with Gasteiger partial charge in [-0.25, -0.2) is 0 Å². The molecule has 47 heavy (non-hydrogen) atoms. The van der Waals surface area contributed by atoms with Crippen LogP contribution in [0.4, 0.5) is 0 Å². The monoisotopic (exact) mass is 618 g/mol.